The van der Waals surface area contributed by atoms with Crippen molar-refractivity contribution in [3.8, 4) is 0 Å². The van der Waals surface area contributed by atoms with Gasteiger partial charge in [0.05, 0.1) is 11.4 Å². The number of anilines is 1. The summed E-state index contributed by atoms with van der Waals surface area (Å²) in [7, 11) is -3.24. The largest absolute Gasteiger partial charge is 0.283 e. The molecule has 0 saturated heterocycles. The molecular formula is C20H35NO2S. The maximum Gasteiger partial charge on any atom is 0.232 e. The number of para-hydroxylation sites is 1. The third-order valence-corrected chi connectivity index (χ3v) is 5.75. The fourth-order valence-corrected chi connectivity index (χ4v) is 3.63. The van der Waals surface area contributed by atoms with Crippen LogP contribution in [0.1, 0.15) is 83.3 Å². The minimum Gasteiger partial charge on any atom is -0.283 e. The second-order valence-electron chi connectivity index (χ2n) is 6.58. The molecule has 0 fully saturated rings. The molecule has 4 heteroatoms. The normalized spacial score (nSPS) is 11.6. The average Bonchev–Trinajstić information content (AvgIpc) is 2.57. The van der Waals surface area contributed by atoms with E-state index in [2.05, 4.69) is 36.8 Å². The van der Waals surface area contributed by atoms with E-state index in [0.717, 1.165) is 42.5 Å². The Morgan fingerprint density at radius 3 is 1.71 bits per heavy atom. The first-order valence-corrected chi connectivity index (χ1v) is 11.3. The van der Waals surface area contributed by atoms with E-state index in [4.69, 9.17) is 0 Å². The number of aryl methyl sites for hydroxylation is 2. The molecule has 0 aliphatic carbocycles. The number of rotatable bonds is 13. The summed E-state index contributed by atoms with van der Waals surface area (Å²) in [6.07, 6.45) is 11.5. The summed E-state index contributed by atoms with van der Waals surface area (Å²) in [6, 6.07) is 6.23. The summed E-state index contributed by atoms with van der Waals surface area (Å²) >= 11 is 0. The van der Waals surface area contributed by atoms with Crippen LogP contribution in [-0.2, 0) is 22.9 Å². The topological polar surface area (TPSA) is 46.2 Å². The number of benzene rings is 1. The zero-order valence-corrected chi connectivity index (χ0v) is 16.6. The second kappa shape index (κ2) is 11.5. The van der Waals surface area contributed by atoms with Crippen molar-refractivity contribution in [2.24, 2.45) is 0 Å². The lowest BCUT2D eigenvalue weighted by molar-refractivity contribution is 0.602. The zero-order valence-electron chi connectivity index (χ0n) is 15.7. The summed E-state index contributed by atoms with van der Waals surface area (Å²) in [5.41, 5.74) is 3.15. The maximum atomic E-state index is 12.1. The molecule has 1 rings (SSSR count). The molecule has 1 N–H and O–H groups in total. The molecule has 0 spiro atoms. The fourth-order valence-electron chi connectivity index (χ4n) is 2.91. The number of unbranched alkanes of at least 4 members (excludes halogenated alkanes) is 6. The molecule has 24 heavy (non-hydrogen) atoms. The van der Waals surface area contributed by atoms with Gasteiger partial charge in [0.2, 0.25) is 10.0 Å². The Hall–Kier alpha value is -1.03. The fraction of sp³-hybridized carbons (Fsp3) is 0.700. The first-order chi connectivity index (χ1) is 11.5. The van der Waals surface area contributed by atoms with E-state index >= 15 is 0 Å². The number of hydrogen-bond acceptors (Lipinski definition) is 2. The van der Waals surface area contributed by atoms with Gasteiger partial charge in [-0.05, 0) is 43.7 Å². The summed E-state index contributed by atoms with van der Waals surface area (Å²) in [5, 5.41) is 0. The van der Waals surface area contributed by atoms with E-state index in [0.29, 0.717) is 0 Å². The highest BCUT2D eigenvalue weighted by atomic mass is 32.2. The lowest BCUT2D eigenvalue weighted by Crippen LogP contribution is -2.17. The van der Waals surface area contributed by atoms with Gasteiger partial charge in [-0.2, -0.15) is 0 Å². The molecule has 0 aromatic heterocycles. The van der Waals surface area contributed by atoms with Crippen LogP contribution in [0.25, 0.3) is 0 Å². The van der Waals surface area contributed by atoms with Crippen LogP contribution in [-0.4, -0.2) is 14.2 Å². The van der Waals surface area contributed by atoms with Gasteiger partial charge in [0, 0.05) is 0 Å². The zero-order chi connectivity index (χ0) is 17.8. The van der Waals surface area contributed by atoms with Crippen molar-refractivity contribution in [3.63, 3.8) is 0 Å². The highest BCUT2D eigenvalue weighted by Gasteiger charge is 2.14. The van der Waals surface area contributed by atoms with Crippen molar-refractivity contribution in [3.05, 3.63) is 29.3 Å². The van der Waals surface area contributed by atoms with Gasteiger partial charge < -0.3 is 0 Å². The van der Waals surface area contributed by atoms with Crippen LogP contribution in [0.3, 0.4) is 0 Å². The average molecular weight is 354 g/mol. The molecule has 1 aromatic rings. The van der Waals surface area contributed by atoms with E-state index < -0.39 is 10.0 Å². The van der Waals surface area contributed by atoms with Crippen molar-refractivity contribution in [2.45, 2.75) is 85.0 Å². The van der Waals surface area contributed by atoms with Gasteiger partial charge in [-0.25, -0.2) is 8.42 Å². The van der Waals surface area contributed by atoms with E-state index in [1.165, 1.54) is 38.5 Å². The van der Waals surface area contributed by atoms with Gasteiger partial charge in [-0.1, -0.05) is 70.6 Å². The van der Waals surface area contributed by atoms with Crippen molar-refractivity contribution < 1.29 is 8.42 Å². The Morgan fingerprint density at radius 1 is 0.792 bits per heavy atom. The monoisotopic (exact) mass is 353 g/mol. The lowest BCUT2D eigenvalue weighted by Gasteiger charge is -2.17. The predicted octanol–water partition coefficient (Wildman–Crippen LogP) is 5.69. The van der Waals surface area contributed by atoms with Crippen LogP contribution in [0.15, 0.2) is 18.2 Å². The lowest BCUT2D eigenvalue weighted by atomic mass is 9.98. The van der Waals surface area contributed by atoms with E-state index in [1.807, 2.05) is 0 Å². The maximum absolute atomic E-state index is 12.1. The van der Waals surface area contributed by atoms with Crippen LogP contribution in [0.4, 0.5) is 5.69 Å². The van der Waals surface area contributed by atoms with Crippen molar-refractivity contribution in [1.82, 2.24) is 0 Å². The van der Waals surface area contributed by atoms with Crippen LogP contribution in [0.2, 0.25) is 0 Å². The van der Waals surface area contributed by atoms with Gasteiger partial charge in [-0.15, -0.1) is 0 Å². The van der Waals surface area contributed by atoms with Gasteiger partial charge in [-0.3, -0.25) is 4.72 Å². The third kappa shape index (κ3) is 7.69. The molecular weight excluding hydrogens is 318 g/mol. The van der Waals surface area contributed by atoms with Crippen LogP contribution in [0, 0.1) is 0 Å². The Morgan fingerprint density at radius 2 is 1.29 bits per heavy atom. The Balaban J connectivity index is 2.90. The summed E-state index contributed by atoms with van der Waals surface area (Å²) in [5.74, 6) is 0.118. The molecule has 1 aromatic carbocycles. The Labute approximate surface area is 149 Å². The van der Waals surface area contributed by atoms with Crippen LogP contribution < -0.4 is 4.72 Å². The quantitative estimate of drug-likeness (QED) is 0.463. The minimum absolute atomic E-state index is 0.118. The molecule has 0 aliphatic rings. The van der Waals surface area contributed by atoms with Gasteiger partial charge in [0.15, 0.2) is 0 Å². The second-order valence-corrected chi connectivity index (χ2v) is 8.59. The highest BCUT2D eigenvalue weighted by Crippen LogP contribution is 2.26. The number of nitrogens with one attached hydrogen (secondary N) is 1. The van der Waals surface area contributed by atoms with E-state index in [9.17, 15) is 8.42 Å². The highest BCUT2D eigenvalue weighted by molar-refractivity contribution is 7.92. The first kappa shape index (κ1) is 21.0. The smallest absolute Gasteiger partial charge is 0.232 e. The Kier molecular flexibility index (Phi) is 10.1. The molecule has 0 atom stereocenters. The summed E-state index contributed by atoms with van der Waals surface area (Å²) in [6.45, 7) is 6.10. The summed E-state index contributed by atoms with van der Waals surface area (Å²) < 4.78 is 27.1. The van der Waals surface area contributed by atoms with Crippen molar-refractivity contribution in [2.75, 3.05) is 10.5 Å². The van der Waals surface area contributed by atoms with Crippen LogP contribution >= 0.6 is 0 Å². The van der Waals surface area contributed by atoms with Crippen molar-refractivity contribution in [1.29, 1.82) is 0 Å². The molecule has 0 heterocycles. The molecule has 3 nitrogen and oxygen atoms in total. The van der Waals surface area contributed by atoms with E-state index in [-0.39, 0.29) is 5.75 Å². The molecule has 0 unspecified atom stereocenters. The number of hydrogen-bond donors (Lipinski definition) is 1. The minimum atomic E-state index is -3.24. The molecule has 0 aliphatic heterocycles. The molecule has 0 amide bonds. The number of sulfonamides is 1. The molecule has 0 saturated carbocycles. The third-order valence-electron chi connectivity index (χ3n) is 4.47. The first-order valence-electron chi connectivity index (χ1n) is 9.65. The molecule has 138 valence electrons. The molecule has 0 bridgehead atoms. The van der Waals surface area contributed by atoms with Gasteiger partial charge in [0.25, 0.3) is 0 Å². The van der Waals surface area contributed by atoms with Gasteiger partial charge >= 0.3 is 0 Å². The molecule has 0 radical (unpaired) electrons. The van der Waals surface area contributed by atoms with Crippen LogP contribution in [0.5, 0.6) is 0 Å². The summed E-state index contributed by atoms with van der Waals surface area (Å²) in [4.78, 5) is 0. The SMILES string of the molecule is CCCCCCc1cccc(CCCCCC)c1NS(=O)(=O)CC. The predicted molar refractivity (Wildman–Crippen MR) is 105 cm³/mol. The standard InChI is InChI=1S/C20H35NO2S/c1-4-7-9-11-14-18-16-13-17-19(15-12-10-8-5-2)20(18)21-24(22,23)6-3/h13,16-17,21H,4-12,14-15H2,1-3H3. The van der Waals surface area contributed by atoms with Crippen molar-refractivity contribution >= 4 is 15.7 Å². The van der Waals surface area contributed by atoms with Gasteiger partial charge in [0.1, 0.15) is 0 Å². The Bertz CT molecular complexity index is 537. The van der Waals surface area contributed by atoms with E-state index in [1.54, 1.807) is 6.92 Å².